The number of nitro benzene ring substituents is 1. The van der Waals surface area contributed by atoms with Gasteiger partial charge in [-0.15, -0.1) is 0 Å². The lowest BCUT2D eigenvalue weighted by Crippen LogP contribution is -2.23. The Bertz CT molecular complexity index is 445. The molecule has 0 bridgehead atoms. The van der Waals surface area contributed by atoms with Gasteiger partial charge in [-0.05, 0) is 37.4 Å². The third-order valence-electron chi connectivity index (χ3n) is 2.91. The van der Waals surface area contributed by atoms with Crippen LogP contribution in [-0.2, 0) is 6.42 Å². The predicted molar refractivity (Wildman–Crippen MR) is 57.7 cm³/mol. The van der Waals surface area contributed by atoms with Gasteiger partial charge in [0.25, 0.3) is 0 Å². The number of hydrogen-bond donors (Lipinski definition) is 1. The zero-order valence-electron chi connectivity index (χ0n) is 9.08. The molecule has 1 N–H and O–H groups in total. The third kappa shape index (κ3) is 2.58. The molecular weight excluding hydrogens is 230 g/mol. The van der Waals surface area contributed by atoms with Crippen LogP contribution in [-0.4, -0.2) is 17.5 Å². The summed E-state index contributed by atoms with van der Waals surface area (Å²) in [7, 11) is 0. The van der Waals surface area contributed by atoms with Crippen LogP contribution in [0.15, 0.2) is 12.1 Å². The van der Waals surface area contributed by atoms with Crippen molar-refractivity contribution in [2.24, 2.45) is 0 Å². The molecule has 1 unspecified atom stereocenters. The number of nitro groups is 1. The van der Waals surface area contributed by atoms with E-state index in [0.29, 0.717) is 12.0 Å². The highest BCUT2D eigenvalue weighted by Crippen LogP contribution is 2.23. The van der Waals surface area contributed by atoms with Gasteiger partial charge in [-0.1, -0.05) is 0 Å². The molecule has 6 heteroatoms. The average molecular weight is 242 g/mol. The Balaban J connectivity index is 2.25. The molecule has 1 fully saturated rings. The molecule has 1 heterocycles. The van der Waals surface area contributed by atoms with E-state index in [2.05, 4.69) is 5.32 Å². The zero-order chi connectivity index (χ0) is 12.4. The zero-order valence-corrected chi connectivity index (χ0v) is 9.08. The van der Waals surface area contributed by atoms with Crippen LogP contribution < -0.4 is 5.32 Å². The van der Waals surface area contributed by atoms with Crippen molar-refractivity contribution in [3.8, 4) is 0 Å². The van der Waals surface area contributed by atoms with Gasteiger partial charge in [0.1, 0.15) is 0 Å². The van der Waals surface area contributed by atoms with Gasteiger partial charge in [0.05, 0.1) is 4.92 Å². The maximum Gasteiger partial charge on any atom is 0.308 e. The van der Waals surface area contributed by atoms with E-state index < -0.39 is 22.2 Å². The quantitative estimate of drug-likeness (QED) is 0.652. The van der Waals surface area contributed by atoms with E-state index in [-0.39, 0.29) is 6.04 Å². The summed E-state index contributed by atoms with van der Waals surface area (Å²) < 4.78 is 26.3. The Hall–Kier alpha value is -1.56. The smallest absolute Gasteiger partial charge is 0.308 e. The Morgan fingerprint density at radius 1 is 1.47 bits per heavy atom. The van der Waals surface area contributed by atoms with Crippen LogP contribution in [0.25, 0.3) is 0 Å². The highest BCUT2D eigenvalue weighted by Gasteiger charge is 2.22. The van der Waals surface area contributed by atoms with Gasteiger partial charge >= 0.3 is 5.69 Å². The monoisotopic (exact) mass is 242 g/mol. The van der Waals surface area contributed by atoms with Crippen LogP contribution in [0.3, 0.4) is 0 Å². The molecule has 1 saturated heterocycles. The lowest BCUT2D eigenvalue weighted by Gasteiger charge is -2.10. The van der Waals surface area contributed by atoms with E-state index in [1.54, 1.807) is 0 Å². The van der Waals surface area contributed by atoms with E-state index in [1.165, 1.54) is 0 Å². The molecular formula is C11H12F2N2O2. The first kappa shape index (κ1) is 11.9. The largest absolute Gasteiger partial charge is 0.314 e. The van der Waals surface area contributed by atoms with Crippen LogP contribution in [0.5, 0.6) is 0 Å². The minimum absolute atomic E-state index is 0.194. The summed E-state index contributed by atoms with van der Waals surface area (Å²) in [5, 5.41) is 13.7. The van der Waals surface area contributed by atoms with Gasteiger partial charge in [0.15, 0.2) is 5.82 Å². The molecule has 2 rings (SSSR count). The standard InChI is InChI=1S/C11H12F2N2O2/c12-9-5-7(4-8-2-1-3-14-8)6-10(11(9)13)15(16)17/h5-6,8,14H,1-4H2. The fraction of sp³-hybridized carbons (Fsp3) is 0.455. The van der Waals surface area contributed by atoms with Crippen LogP contribution in [0, 0.1) is 21.7 Å². The Morgan fingerprint density at radius 3 is 2.82 bits per heavy atom. The van der Waals surface area contributed by atoms with E-state index in [1.807, 2.05) is 0 Å². The summed E-state index contributed by atoms with van der Waals surface area (Å²) in [6.07, 6.45) is 2.47. The number of nitrogens with zero attached hydrogens (tertiary/aromatic N) is 1. The lowest BCUT2D eigenvalue weighted by molar-refractivity contribution is -0.387. The number of halogens is 2. The van der Waals surface area contributed by atoms with Gasteiger partial charge in [0, 0.05) is 12.1 Å². The molecule has 0 amide bonds. The SMILES string of the molecule is O=[N+]([O-])c1cc(CC2CCCN2)cc(F)c1F. The lowest BCUT2D eigenvalue weighted by atomic mass is 10.0. The van der Waals surface area contributed by atoms with Crippen LogP contribution in [0.2, 0.25) is 0 Å². The molecule has 1 atom stereocenters. The summed E-state index contributed by atoms with van der Waals surface area (Å²) in [4.78, 5) is 9.65. The molecule has 0 spiro atoms. The summed E-state index contributed by atoms with van der Waals surface area (Å²) in [6.45, 7) is 0.899. The minimum Gasteiger partial charge on any atom is -0.314 e. The first-order valence-electron chi connectivity index (χ1n) is 5.43. The van der Waals surface area contributed by atoms with Gasteiger partial charge in [0.2, 0.25) is 5.82 Å². The van der Waals surface area contributed by atoms with Crippen molar-refractivity contribution in [2.75, 3.05) is 6.54 Å². The fourth-order valence-electron chi connectivity index (χ4n) is 2.10. The number of benzene rings is 1. The second-order valence-electron chi connectivity index (χ2n) is 4.17. The first-order chi connectivity index (χ1) is 8.08. The van der Waals surface area contributed by atoms with Gasteiger partial charge in [-0.3, -0.25) is 10.1 Å². The summed E-state index contributed by atoms with van der Waals surface area (Å²) >= 11 is 0. The maximum atomic E-state index is 13.2. The van der Waals surface area contributed by atoms with Crippen molar-refractivity contribution in [2.45, 2.75) is 25.3 Å². The minimum atomic E-state index is -1.39. The van der Waals surface area contributed by atoms with E-state index in [0.717, 1.165) is 31.5 Å². The molecule has 0 aromatic heterocycles. The highest BCUT2D eigenvalue weighted by atomic mass is 19.2. The number of nitrogens with one attached hydrogen (secondary N) is 1. The normalized spacial score (nSPS) is 19.5. The molecule has 1 aliphatic heterocycles. The molecule has 0 radical (unpaired) electrons. The van der Waals surface area contributed by atoms with Crippen molar-refractivity contribution in [3.63, 3.8) is 0 Å². The van der Waals surface area contributed by atoms with Crippen molar-refractivity contribution < 1.29 is 13.7 Å². The molecule has 1 aromatic rings. The Labute approximate surface area is 96.8 Å². The van der Waals surface area contributed by atoms with Gasteiger partial charge in [-0.2, -0.15) is 4.39 Å². The second kappa shape index (κ2) is 4.75. The number of rotatable bonds is 3. The van der Waals surface area contributed by atoms with E-state index >= 15 is 0 Å². The van der Waals surface area contributed by atoms with Crippen LogP contribution in [0.1, 0.15) is 18.4 Å². The molecule has 4 nitrogen and oxygen atoms in total. The molecule has 1 aromatic carbocycles. The van der Waals surface area contributed by atoms with E-state index in [4.69, 9.17) is 0 Å². The summed E-state index contributed by atoms with van der Waals surface area (Å²) in [6, 6.07) is 2.33. The Morgan fingerprint density at radius 2 is 2.24 bits per heavy atom. The topological polar surface area (TPSA) is 55.2 Å². The molecule has 0 aliphatic carbocycles. The summed E-state index contributed by atoms with van der Waals surface area (Å²) in [5.74, 6) is -2.55. The predicted octanol–water partition coefficient (Wildman–Crippen LogP) is 2.17. The molecule has 1 aliphatic rings. The van der Waals surface area contributed by atoms with Crippen molar-refractivity contribution in [1.29, 1.82) is 0 Å². The van der Waals surface area contributed by atoms with E-state index in [9.17, 15) is 18.9 Å². The maximum absolute atomic E-state index is 13.2. The number of hydrogen-bond acceptors (Lipinski definition) is 3. The van der Waals surface area contributed by atoms with Crippen molar-refractivity contribution in [3.05, 3.63) is 39.4 Å². The molecule has 17 heavy (non-hydrogen) atoms. The third-order valence-corrected chi connectivity index (χ3v) is 2.91. The summed E-state index contributed by atoms with van der Waals surface area (Å²) in [5.41, 5.74) is -0.340. The van der Waals surface area contributed by atoms with Gasteiger partial charge in [-0.25, -0.2) is 4.39 Å². The fourth-order valence-corrected chi connectivity index (χ4v) is 2.10. The van der Waals surface area contributed by atoms with Crippen LogP contribution in [0.4, 0.5) is 14.5 Å². The van der Waals surface area contributed by atoms with Gasteiger partial charge < -0.3 is 5.32 Å². The Kier molecular flexibility index (Phi) is 3.33. The highest BCUT2D eigenvalue weighted by molar-refractivity contribution is 5.37. The molecule has 0 saturated carbocycles. The van der Waals surface area contributed by atoms with Crippen molar-refractivity contribution >= 4 is 5.69 Å². The average Bonchev–Trinajstić information content (AvgIpc) is 2.75. The van der Waals surface area contributed by atoms with Crippen LogP contribution >= 0.6 is 0 Å². The first-order valence-corrected chi connectivity index (χ1v) is 5.43. The molecule has 92 valence electrons. The second-order valence-corrected chi connectivity index (χ2v) is 4.17. The van der Waals surface area contributed by atoms with Crippen molar-refractivity contribution in [1.82, 2.24) is 5.32 Å².